The highest BCUT2D eigenvalue weighted by Crippen LogP contribution is 2.24. The number of nitrogens with one attached hydrogen (secondary N) is 2. The fourth-order valence-corrected chi connectivity index (χ4v) is 3.57. The molecule has 1 fully saturated rings. The van der Waals surface area contributed by atoms with E-state index in [-0.39, 0.29) is 29.4 Å². The second-order valence-electron chi connectivity index (χ2n) is 7.49. The highest BCUT2D eigenvalue weighted by Gasteiger charge is 2.32. The number of anilines is 1. The number of carbonyl (C=O) groups is 1. The first kappa shape index (κ1) is 19.1. The highest BCUT2D eigenvalue weighted by molar-refractivity contribution is 5.96. The number of likely N-dealkylation sites (N-methyl/N-ethyl adjacent to an activating group) is 1. The Kier molecular flexibility index (Phi) is 5.31. The molecule has 0 radical (unpaired) electrons. The maximum absolute atomic E-state index is 13.0. The van der Waals surface area contributed by atoms with E-state index in [0.29, 0.717) is 30.9 Å². The van der Waals surface area contributed by atoms with Crippen LogP contribution in [0.2, 0.25) is 0 Å². The van der Waals surface area contributed by atoms with E-state index in [4.69, 9.17) is 5.73 Å². The molecule has 0 aromatic carbocycles. The third-order valence-electron chi connectivity index (χ3n) is 5.03. The van der Waals surface area contributed by atoms with Crippen LogP contribution in [0.25, 0.3) is 0 Å². The van der Waals surface area contributed by atoms with Gasteiger partial charge in [0, 0.05) is 37.4 Å². The zero-order chi connectivity index (χ0) is 19.7. The van der Waals surface area contributed by atoms with Crippen LogP contribution in [0.3, 0.4) is 0 Å². The van der Waals surface area contributed by atoms with Crippen molar-refractivity contribution in [1.82, 2.24) is 30.0 Å². The van der Waals surface area contributed by atoms with Crippen molar-refractivity contribution in [2.24, 2.45) is 0 Å². The molecule has 3 rings (SSSR count). The summed E-state index contributed by atoms with van der Waals surface area (Å²) in [7, 11) is 1.97. The Labute approximate surface area is 158 Å². The number of nitrogens with zero attached hydrogens (tertiary/aromatic N) is 4. The Balaban J connectivity index is 1.68. The summed E-state index contributed by atoms with van der Waals surface area (Å²) in [4.78, 5) is 35.2. The van der Waals surface area contributed by atoms with Crippen molar-refractivity contribution in [2.45, 2.75) is 45.7 Å². The molecule has 27 heavy (non-hydrogen) atoms. The van der Waals surface area contributed by atoms with Crippen LogP contribution in [0, 0.1) is 6.92 Å². The average molecular weight is 373 g/mol. The van der Waals surface area contributed by atoms with Crippen LogP contribution in [0.15, 0.2) is 10.9 Å². The van der Waals surface area contributed by atoms with E-state index in [1.807, 2.05) is 32.7 Å². The van der Waals surface area contributed by atoms with E-state index in [2.05, 4.69) is 25.1 Å². The summed E-state index contributed by atoms with van der Waals surface area (Å²) in [6.07, 6.45) is 0.870. The highest BCUT2D eigenvalue weighted by atomic mass is 16.2. The van der Waals surface area contributed by atoms with E-state index >= 15 is 0 Å². The Morgan fingerprint density at radius 3 is 2.89 bits per heavy atom. The largest absolute Gasteiger partial charge is 0.369 e. The average Bonchev–Trinajstić information content (AvgIpc) is 3.20. The molecule has 0 bridgehead atoms. The van der Waals surface area contributed by atoms with Crippen LogP contribution in [0.4, 0.5) is 5.95 Å². The molecule has 0 unspecified atom stereocenters. The lowest BCUT2D eigenvalue weighted by atomic mass is 10.0. The molecule has 2 aromatic rings. The zero-order valence-corrected chi connectivity index (χ0v) is 16.2. The van der Waals surface area contributed by atoms with Gasteiger partial charge in [0.25, 0.3) is 11.5 Å². The molecule has 0 aliphatic carbocycles. The maximum atomic E-state index is 13.0. The van der Waals surface area contributed by atoms with Crippen molar-refractivity contribution in [3.8, 4) is 0 Å². The molecule has 1 saturated heterocycles. The van der Waals surface area contributed by atoms with Gasteiger partial charge in [0.2, 0.25) is 5.95 Å². The van der Waals surface area contributed by atoms with Gasteiger partial charge in [-0.25, -0.2) is 4.98 Å². The van der Waals surface area contributed by atoms with Crippen LogP contribution in [0.1, 0.15) is 53.6 Å². The van der Waals surface area contributed by atoms with Gasteiger partial charge in [-0.15, -0.1) is 0 Å². The molecular weight excluding hydrogens is 346 g/mol. The number of aromatic nitrogens is 4. The Hall–Kier alpha value is -2.68. The Morgan fingerprint density at radius 1 is 1.48 bits per heavy atom. The van der Waals surface area contributed by atoms with Crippen molar-refractivity contribution < 1.29 is 4.79 Å². The molecule has 2 aromatic heterocycles. The third-order valence-corrected chi connectivity index (χ3v) is 5.03. The van der Waals surface area contributed by atoms with Gasteiger partial charge in [-0.05, 0) is 26.3 Å². The van der Waals surface area contributed by atoms with Crippen molar-refractivity contribution in [2.75, 3.05) is 25.9 Å². The molecule has 0 saturated carbocycles. The summed E-state index contributed by atoms with van der Waals surface area (Å²) in [5.41, 5.74) is 8.29. The molecule has 1 aliphatic rings. The Morgan fingerprint density at radius 2 is 2.22 bits per heavy atom. The van der Waals surface area contributed by atoms with E-state index in [1.54, 1.807) is 0 Å². The molecule has 1 amide bonds. The molecule has 9 nitrogen and oxygen atoms in total. The van der Waals surface area contributed by atoms with Gasteiger partial charge in [-0.2, -0.15) is 5.10 Å². The van der Waals surface area contributed by atoms with Gasteiger partial charge >= 0.3 is 0 Å². The van der Waals surface area contributed by atoms with E-state index in [1.165, 1.54) is 6.07 Å². The summed E-state index contributed by atoms with van der Waals surface area (Å²) < 4.78 is 0. The SMILES string of the molecule is Cc1[nH]nc(C(C)C)c1C(=O)N1CC[C@H](N(C)Cc2cc(=O)[nH]c(N)n2)C1. The molecular formula is C18H27N7O2. The van der Waals surface area contributed by atoms with Crippen molar-refractivity contribution in [1.29, 1.82) is 0 Å². The number of rotatable bonds is 5. The van der Waals surface area contributed by atoms with Crippen LogP contribution < -0.4 is 11.3 Å². The minimum absolute atomic E-state index is 0.0272. The van der Waals surface area contributed by atoms with Crippen LogP contribution in [-0.4, -0.2) is 62.1 Å². The molecule has 9 heteroatoms. The quantitative estimate of drug-likeness (QED) is 0.714. The summed E-state index contributed by atoms with van der Waals surface area (Å²) in [5, 5.41) is 7.24. The Bertz CT molecular complexity index is 886. The van der Waals surface area contributed by atoms with Gasteiger partial charge < -0.3 is 10.6 Å². The number of nitrogen functional groups attached to an aromatic ring is 1. The number of likely N-dealkylation sites (tertiary alicyclic amines) is 1. The van der Waals surface area contributed by atoms with E-state index < -0.39 is 0 Å². The normalized spacial score (nSPS) is 17.3. The lowest BCUT2D eigenvalue weighted by molar-refractivity contribution is 0.0777. The van der Waals surface area contributed by atoms with Crippen LogP contribution in [0.5, 0.6) is 0 Å². The zero-order valence-electron chi connectivity index (χ0n) is 16.2. The van der Waals surface area contributed by atoms with Crippen molar-refractivity contribution in [3.05, 3.63) is 39.1 Å². The monoisotopic (exact) mass is 373 g/mol. The molecule has 4 N–H and O–H groups in total. The number of aromatic amines is 2. The first-order valence-electron chi connectivity index (χ1n) is 9.16. The molecule has 0 spiro atoms. The van der Waals surface area contributed by atoms with Crippen LogP contribution in [-0.2, 0) is 6.54 Å². The van der Waals surface area contributed by atoms with Gasteiger partial charge in [0.15, 0.2) is 0 Å². The van der Waals surface area contributed by atoms with Gasteiger partial charge in [-0.1, -0.05) is 13.8 Å². The number of H-pyrrole nitrogens is 2. The van der Waals surface area contributed by atoms with E-state index in [0.717, 1.165) is 17.8 Å². The molecule has 3 heterocycles. The first-order valence-corrected chi connectivity index (χ1v) is 9.16. The van der Waals surface area contributed by atoms with Crippen molar-refractivity contribution in [3.63, 3.8) is 0 Å². The number of amides is 1. The smallest absolute Gasteiger partial charge is 0.257 e. The lowest BCUT2D eigenvalue weighted by Crippen LogP contribution is -2.37. The number of hydrogen-bond acceptors (Lipinski definition) is 6. The van der Waals surface area contributed by atoms with Gasteiger partial charge in [0.1, 0.15) is 0 Å². The minimum atomic E-state index is -0.259. The standard InChI is InChI=1S/C18H27N7O2/c1-10(2)16-15(11(3)22-23-16)17(27)25-6-5-13(9-25)24(4)8-12-7-14(26)21-18(19)20-12/h7,10,13H,5-6,8-9H2,1-4H3,(H,22,23)(H3,19,20,21,26)/t13-/m0/s1. The first-order chi connectivity index (χ1) is 12.8. The number of hydrogen-bond donors (Lipinski definition) is 3. The molecule has 1 atom stereocenters. The summed E-state index contributed by atoms with van der Waals surface area (Å²) in [5.74, 6) is 0.327. The second-order valence-corrected chi connectivity index (χ2v) is 7.49. The minimum Gasteiger partial charge on any atom is -0.369 e. The fourth-order valence-electron chi connectivity index (χ4n) is 3.57. The van der Waals surface area contributed by atoms with Crippen LogP contribution >= 0.6 is 0 Å². The molecule has 146 valence electrons. The molecule has 1 aliphatic heterocycles. The van der Waals surface area contributed by atoms with Crippen molar-refractivity contribution >= 4 is 11.9 Å². The number of aryl methyl sites for hydroxylation is 1. The predicted molar refractivity (Wildman–Crippen MR) is 102 cm³/mol. The maximum Gasteiger partial charge on any atom is 0.257 e. The predicted octanol–water partition coefficient (Wildman–Crippen LogP) is 0.854. The lowest BCUT2D eigenvalue weighted by Gasteiger charge is -2.24. The van der Waals surface area contributed by atoms with Gasteiger partial charge in [-0.3, -0.25) is 24.6 Å². The van der Waals surface area contributed by atoms with E-state index in [9.17, 15) is 9.59 Å². The number of carbonyl (C=O) groups excluding carboxylic acids is 1. The summed E-state index contributed by atoms with van der Waals surface area (Å²) >= 11 is 0. The summed E-state index contributed by atoms with van der Waals surface area (Å²) in [6, 6.07) is 1.65. The van der Waals surface area contributed by atoms with Gasteiger partial charge in [0.05, 0.1) is 17.0 Å². The third kappa shape index (κ3) is 4.02. The summed E-state index contributed by atoms with van der Waals surface area (Å²) in [6.45, 7) is 7.79. The number of nitrogens with two attached hydrogens (primary N) is 1. The topological polar surface area (TPSA) is 124 Å². The fraction of sp³-hybridized carbons (Fsp3) is 0.556. The second kappa shape index (κ2) is 7.51.